The lowest BCUT2D eigenvalue weighted by molar-refractivity contribution is -0.384. The molecule has 6 heteroatoms. The van der Waals surface area contributed by atoms with E-state index in [9.17, 15) is 19.7 Å². The van der Waals surface area contributed by atoms with E-state index >= 15 is 0 Å². The van der Waals surface area contributed by atoms with Gasteiger partial charge in [0.05, 0.1) is 16.1 Å². The molecule has 2 amide bonds. The lowest BCUT2D eigenvalue weighted by Crippen LogP contribution is -2.19. The first kappa shape index (κ1) is 12.0. The Labute approximate surface area is 113 Å². The average molecular weight is 268 g/mol. The van der Waals surface area contributed by atoms with Crippen LogP contribution in [0.3, 0.4) is 0 Å². The van der Waals surface area contributed by atoms with Gasteiger partial charge in [-0.2, -0.15) is 0 Å². The van der Waals surface area contributed by atoms with Crippen molar-refractivity contribution in [3.05, 3.63) is 63.7 Å². The highest BCUT2D eigenvalue weighted by Gasteiger charge is 2.26. The minimum Gasteiger partial charge on any atom is -0.288 e. The van der Waals surface area contributed by atoms with Crippen LogP contribution < -0.4 is 5.32 Å². The largest absolute Gasteiger partial charge is 0.288 e. The Bertz CT molecular complexity index is 750. The van der Waals surface area contributed by atoms with Crippen molar-refractivity contribution in [1.82, 2.24) is 5.32 Å². The summed E-state index contributed by atoms with van der Waals surface area (Å²) < 4.78 is 0. The molecule has 20 heavy (non-hydrogen) atoms. The Morgan fingerprint density at radius 3 is 2.10 bits per heavy atom. The second-order valence-corrected chi connectivity index (χ2v) is 4.35. The molecule has 0 aromatic heterocycles. The van der Waals surface area contributed by atoms with Gasteiger partial charge in [0.1, 0.15) is 0 Å². The summed E-state index contributed by atoms with van der Waals surface area (Å²) in [6.45, 7) is 0. The Hall–Kier alpha value is -3.02. The number of nitrogens with zero attached hydrogens (tertiary/aromatic N) is 1. The summed E-state index contributed by atoms with van der Waals surface area (Å²) >= 11 is 0. The Morgan fingerprint density at radius 2 is 1.45 bits per heavy atom. The Balaban J connectivity index is 2.03. The second kappa shape index (κ2) is 4.27. The van der Waals surface area contributed by atoms with Crippen molar-refractivity contribution >= 4 is 17.5 Å². The van der Waals surface area contributed by atoms with Gasteiger partial charge in [-0.25, -0.2) is 0 Å². The molecule has 0 bridgehead atoms. The van der Waals surface area contributed by atoms with Crippen molar-refractivity contribution in [2.75, 3.05) is 0 Å². The molecule has 1 aliphatic heterocycles. The second-order valence-electron chi connectivity index (χ2n) is 4.35. The van der Waals surface area contributed by atoms with Crippen LogP contribution in [-0.2, 0) is 0 Å². The molecule has 1 heterocycles. The van der Waals surface area contributed by atoms with Gasteiger partial charge in [0, 0.05) is 12.1 Å². The number of nitrogens with one attached hydrogen (secondary N) is 1. The quantitative estimate of drug-likeness (QED) is 0.513. The van der Waals surface area contributed by atoms with E-state index in [0.29, 0.717) is 11.1 Å². The van der Waals surface area contributed by atoms with Gasteiger partial charge in [0.25, 0.3) is 17.5 Å². The molecule has 0 atom stereocenters. The summed E-state index contributed by atoms with van der Waals surface area (Å²) in [5.74, 6) is -0.825. The highest BCUT2D eigenvalue weighted by Crippen LogP contribution is 2.26. The van der Waals surface area contributed by atoms with Crippen molar-refractivity contribution in [3.63, 3.8) is 0 Å². The molecule has 1 N–H and O–H groups in total. The maximum atomic E-state index is 11.6. The predicted octanol–water partition coefficient (Wildman–Crippen LogP) is 2.15. The minimum absolute atomic E-state index is 0.00262. The summed E-state index contributed by atoms with van der Waals surface area (Å²) in [6, 6.07) is 10.9. The lowest BCUT2D eigenvalue weighted by Gasteiger charge is -2.03. The number of fused-ring (bicyclic) bond motifs is 1. The topological polar surface area (TPSA) is 89.3 Å². The van der Waals surface area contributed by atoms with Crippen LogP contribution >= 0.6 is 0 Å². The zero-order chi connectivity index (χ0) is 14.3. The number of hydrogen-bond acceptors (Lipinski definition) is 4. The molecule has 98 valence electrons. The highest BCUT2D eigenvalue weighted by atomic mass is 16.6. The summed E-state index contributed by atoms with van der Waals surface area (Å²) in [5.41, 5.74) is 2.14. The van der Waals surface area contributed by atoms with Crippen molar-refractivity contribution < 1.29 is 14.5 Å². The number of non-ortho nitro benzene ring substituents is 1. The fraction of sp³-hybridized carbons (Fsp3) is 0. The zero-order valence-corrected chi connectivity index (χ0v) is 10.1. The van der Waals surface area contributed by atoms with Crippen LogP contribution in [0.4, 0.5) is 5.69 Å². The van der Waals surface area contributed by atoms with Crippen LogP contribution in [0.1, 0.15) is 20.7 Å². The van der Waals surface area contributed by atoms with Gasteiger partial charge in [-0.3, -0.25) is 25.0 Å². The Kier molecular flexibility index (Phi) is 2.57. The van der Waals surface area contributed by atoms with Crippen LogP contribution in [-0.4, -0.2) is 16.7 Å². The van der Waals surface area contributed by atoms with Gasteiger partial charge >= 0.3 is 0 Å². The molecule has 0 spiro atoms. The molecule has 0 fully saturated rings. The fourth-order valence-corrected chi connectivity index (χ4v) is 2.12. The molecular formula is C14H8N2O4. The molecule has 2 aromatic rings. The summed E-state index contributed by atoms with van der Waals surface area (Å²) in [7, 11) is 0. The molecule has 6 nitrogen and oxygen atoms in total. The van der Waals surface area contributed by atoms with Gasteiger partial charge in [-0.1, -0.05) is 6.07 Å². The van der Waals surface area contributed by atoms with Gasteiger partial charge < -0.3 is 0 Å². The Morgan fingerprint density at radius 1 is 0.850 bits per heavy atom. The summed E-state index contributed by atoms with van der Waals surface area (Å²) in [6.07, 6.45) is 0. The number of nitro benzene ring substituents is 1. The number of imide groups is 1. The fourth-order valence-electron chi connectivity index (χ4n) is 2.12. The van der Waals surface area contributed by atoms with Crippen LogP contribution in [0.2, 0.25) is 0 Å². The van der Waals surface area contributed by atoms with E-state index < -0.39 is 16.7 Å². The number of nitro groups is 1. The normalized spacial score (nSPS) is 13.0. The van der Waals surface area contributed by atoms with Crippen LogP contribution in [0.15, 0.2) is 42.5 Å². The van der Waals surface area contributed by atoms with Gasteiger partial charge in [0.15, 0.2) is 0 Å². The smallest absolute Gasteiger partial charge is 0.269 e. The van der Waals surface area contributed by atoms with Gasteiger partial charge in [-0.15, -0.1) is 0 Å². The zero-order valence-electron chi connectivity index (χ0n) is 10.1. The van der Waals surface area contributed by atoms with E-state index in [-0.39, 0.29) is 5.69 Å². The molecule has 3 rings (SSSR count). The van der Waals surface area contributed by atoms with Crippen molar-refractivity contribution in [1.29, 1.82) is 0 Å². The van der Waals surface area contributed by atoms with E-state index in [0.717, 1.165) is 11.1 Å². The first-order valence-electron chi connectivity index (χ1n) is 5.81. The predicted molar refractivity (Wildman–Crippen MR) is 70.3 cm³/mol. The number of benzene rings is 2. The third-order valence-corrected chi connectivity index (χ3v) is 3.15. The third-order valence-electron chi connectivity index (χ3n) is 3.15. The number of hydrogen-bond donors (Lipinski definition) is 1. The van der Waals surface area contributed by atoms with E-state index in [1.54, 1.807) is 30.3 Å². The molecule has 0 aliphatic carbocycles. The van der Waals surface area contributed by atoms with Crippen LogP contribution in [0, 0.1) is 10.1 Å². The molecule has 0 radical (unpaired) electrons. The minimum atomic E-state index is -0.474. The summed E-state index contributed by atoms with van der Waals surface area (Å²) in [4.78, 5) is 33.1. The maximum absolute atomic E-state index is 11.6. The standard InChI is InChI=1S/C14H8N2O4/c17-13-11-6-3-9(7-12(11)14(18)15-13)8-1-4-10(5-2-8)16(19)20/h1-7H,(H,15,17,18). The SMILES string of the molecule is O=C1NC(=O)c2cc(-c3ccc([N+](=O)[O-])cc3)ccc21. The maximum Gasteiger partial charge on any atom is 0.269 e. The molecule has 2 aromatic carbocycles. The number of carbonyl (C=O) groups excluding carboxylic acids is 2. The van der Waals surface area contributed by atoms with Gasteiger partial charge in [-0.05, 0) is 35.4 Å². The van der Waals surface area contributed by atoms with Crippen molar-refractivity contribution in [2.45, 2.75) is 0 Å². The van der Waals surface area contributed by atoms with Gasteiger partial charge in [0.2, 0.25) is 0 Å². The number of amides is 2. The van der Waals surface area contributed by atoms with E-state index in [4.69, 9.17) is 0 Å². The van der Waals surface area contributed by atoms with E-state index in [2.05, 4.69) is 5.32 Å². The molecule has 1 aliphatic rings. The monoisotopic (exact) mass is 268 g/mol. The number of carbonyl (C=O) groups is 2. The van der Waals surface area contributed by atoms with E-state index in [1.165, 1.54) is 12.1 Å². The average Bonchev–Trinajstić information content (AvgIpc) is 2.74. The van der Waals surface area contributed by atoms with Crippen molar-refractivity contribution in [3.8, 4) is 11.1 Å². The molecule has 0 saturated carbocycles. The van der Waals surface area contributed by atoms with Crippen LogP contribution in [0.25, 0.3) is 11.1 Å². The van der Waals surface area contributed by atoms with E-state index in [1.807, 2.05) is 0 Å². The molecular weight excluding hydrogens is 260 g/mol. The number of rotatable bonds is 2. The third kappa shape index (κ3) is 1.83. The lowest BCUT2D eigenvalue weighted by atomic mass is 10.00. The molecule has 0 unspecified atom stereocenters. The van der Waals surface area contributed by atoms with Crippen molar-refractivity contribution in [2.24, 2.45) is 0 Å². The first-order valence-corrected chi connectivity index (χ1v) is 5.81. The first-order chi connectivity index (χ1) is 9.56. The van der Waals surface area contributed by atoms with Crippen LogP contribution in [0.5, 0.6) is 0 Å². The molecule has 0 saturated heterocycles. The highest BCUT2D eigenvalue weighted by molar-refractivity contribution is 6.21. The summed E-state index contributed by atoms with van der Waals surface area (Å²) in [5, 5.41) is 12.8.